The standard InChI is InChI=1S/C12H16FNO2S/c1-8(2)9-4-5-11-10(12(9)13)6-7-17(15,16)14(11)3/h4-5,8H,6-7H2,1-3H3. The van der Waals surface area contributed by atoms with Gasteiger partial charge in [-0.05, 0) is 24.0 Å². The van der Waals surface area contributed by atoms with E-state index in [1.807, 2.05) is 13.8 Å². The second-order valence-corrected chi connectivity index (χ2v) is 6.77. The predicted molar refractivity (Wildman–Crippen MR) is 66.4 cm³/mol. The van der Waals surface area contributed by atoms with Gasteiger partial charge in [-0.3, -0.25) is 4.31 Å². The maximum absolute atomic E-state index is 14.2. The molecule has 1 heterocycles. The average Bonchev–Trinajstić information content (AvgIpc) is 2.24. The Bertz CT molecular complexity index is 552. The van der Waals surface area contributed by atoms with Crippen LogP contribution in [0.25, 0.3) is 0 Å². The Morgan fingerprint density at radius 3 is 2.59 bits per heavy atom. The van der Waals surface area contributed by atoms with E-state index in [2.05, 4.69) is 0 Å². The first-order valence-electron chi connectivity index (χ1n) is 5.62. The SMILES string of the molecule is CC(C)c1ccc2c(c1F)CCS(=O)(=O)N2C. The lowest BCUT2D eigenvalue weighted by Crippen LogP contribution is -2.35. The van der Waals surface area contributed by atoms with Crippen molar-refractivity contribution in [1.82, 2.24) is 0 Å². The van der Waals surface area contributed by atoms with Crippen LogP contribution in [-0.4, -0.2) is 21.2 Å². The minimum atomic E-state index is -3.26. The Morgan fingerprint density at radius 2 is 2.00 bits per heavy atom. The maximum atomic E-state index is 14.2. The van der Waals surface area contributed by atoms with Crippen LogP contribution < -0.4 is 4.31 Å². The molecule has 0 aliphatic carbocycles. The lowest BCUT2D eigenvalue weighted by atomic mass is 9.97. The Labute approximate surface area is 101 Å². The molecule has 2 rings (SSSR count). The summed E-state index contributed by atoms with van der Waals surface area (Å²) in [6.07, 6.45) is 0.258. The molecule has 5 heteroatoms. The molecule has 0 fully saturated rings. The van der Waals surface area contributed by atoms with E-state index in [-0.39, 0.29) is 23.9 Å². The number of benzene rings is 1. The Morgan fingerprint density at radius 1 is 1.35 bits per heavy atom. The molecule has 1 aromatic rings. The first-order chi connectivity index (χ1) is 7.84. The van der Waals surface area contributed by atoms with Crippen LogP contribution in [0, 0.1) is 5.82 Å². The van der Waals surface area contributed by atoms with Gasteiger partial charge in [0.2, 0.25) is 10.0 Å². The molecule has 1 aliphatic heterocycles. The van der Waals surface area contributed by atoms with E-state index >= 15 is 0 Å². The minimum Gasteiger partial charge on any atom is -0.273 e. The van der Waals surface area contributed by atoms with E-state index in [1.165, 1.54) is 11.4 Å². The first kappa shape index (κ1) is 12.4. The summed E-state index contributed by atoms with van der Waals surface area (Å²) >= 11 is 0. The summed E-state index contributed by atoms with van der Waals surface area (Å²) in [5.74, 6) is -0.169. The summed E-state index contributed by atoms with van der Waals surface area (Å²) < 4.78 is 38.7. The van der Waals surface area contributed by atoms with E-state index in [0.717, 1.165) is 0 Å². The molecule has 0 unspecified atom stereocenters. The molecule has 0 atom stereocenters. The van der Waals surface area contributed by atoms with Crippen molar-refractivity contribution in [2.75, 3.05) is 17.1 Å². The van der Waals surface area contributed by atoms with Gasteiger partial charge in [0, 0.05) is 12.6 Å². The highest BCUT2D eigenvalue weighted by Gasteiger charge is 2.29. The van der Waals surface area contributed by atoms with E-state index in [1.54, 1.807) is 12.1 Å². The minimum absolute atomic E-state index is 0.0189. The average molecular weight is 257 g/mol. The van der Waals surface area contributed by atoms with Gasteiger partial charge < -0.3 is 0 Å². The summed E-state index contributed by atoms with van der Waals surface area (Å²) in [6.45, 7) is 3.85. The van der Waals surface area contributed by atoms with Gasteiger partial charge in [-0.15, -0.1) is 0 Å². The van der Waals surface area contributed by atoms with Crippen LogP contribution in [-0.2, 0) is 16.4 Å². The van der Waals surface area contributed by atoms with Crippen LogP contribution in [0.5, 0.6) is 0 Å². The van der Waals surface area contributed by atoms with Crippen LogP contribution in [0.3, 0.4) is 0 Å². The maximum Gasteiger partial charge on any atom is 0.235 e. The number of nitrogens with zero attached hydrogens (tertiary/aromatic N) is 1. The fourth-order valence-electron chi connectivity index (χ4n) is 2.13. The van der Waals surface area contributed by atoms with Gasteiger partial charge >= 0.3 is 0 Å². The fourth-order valence-corrected chi connectivity index (χ4v) is 3.33. The Balaban J connectivity index is 2.60. The third kappa shape index (κ3) is 1.92. The molecule has 0 N–H and O–H groups in total. The van der Waals surface area contributed by atoms with Gasteiger partial charge in [-0.2, -0.15) is 0 Å². The molecular weight excluding hydrogens is 241 g/mol. The summed E-state index contributed by atoms with van der Waals surface area (Å²) in [5.41, 5.74) is 1.64. The molecule has 94 valence electrons. The molecule has 1 aromatic carbocycles. The molecule has 0 radical (unpaired) electrons. The molecule has 1 aliphatic rings. The number of fused-ring (bicyclic) bond motifs is 1. The van der Waals surface area contributed by atoms with Gasteiger partial charge in [-0.25, -0.2) is 12.8 Å². The van der Waals surface area contributed by atoms with E-state index in [4.69, 9.17) is 0 Å². The molecule has 0 saturated carbocycles. The smallest absolute Gasteiger partial charge is 0.235 e. The quantitative estimate of drug-likeness (QED) is 0.774. The molecule has 0 aromatic heterocycles. The van der Waals surface area contributed by atoms with E-state index in [9.17, 15) is 12.8 Å². The van der Waals surface area contributed by atoms with E-state index in [0.29, 0.717) is 16.8 Å². The van der Waals surface area contributed by atoms with Crippen LogP contribution in [0.1, 0.15) is 30.9 Å². The van der Waals surface area contributed by atoms with Crippen molar-refractivity contribution in [3.05, 3.63) is 29.1 Å². The predicted octanol–water partition coefficient (Wildman–Crippen LogP) is 2.27. The van der Waals surface area contributed by atoms with Crippen molar-refractivity contribution in [2.24, 2.45) is 0 Å². The highest BCUT2D eigenvalue weighted by atomic mass is 32.2. The molecule has 0 amide bonds. The lowest BCUT2D eigenvalue weighted by Gasteiger charge is -2.28. The molecule has 3 nitrogen and oxygen atoms in total. The second kappa shape index (κ2) is 3.98. The monoisotopic (exact) mass is 257 g/mol. The summed E-state index contributed by atoms with van der Waals surface area (Å²) in [7, 11) is -1.78. The number of hydrogen-bond donors (Lipinski definition) is 0. The fraction of sp³-hybridized carbons (Fsp3) is 0.500. The van der Waals surface area contributed by atoms with Crippen LogP contribution in [0.15, 0.2) is 12.1 Å². The molecule has 0 bridgehead atoms. The van der Waals surface area contributed by atoms with Crippen molar-refractivity contribution in [3.8, 4) is 0 Å². The van der Waals surface area contributed by atoms with Crippen LogP contribution >= 0.6 is 0 Å². The highest BCUT2D eigenvalue weighted by Crippen LogP contribution is 2.33. The summed E-state index contributed by atoms with van der Waals surface area (Å²) in [6, 6.07) is 3.38. The highest BCUT2D eigenvalue weighted by molar-refractivity contribution is 7.92. The normalized spacial score (nSPS) is 18.3. The number of hydrogen-bond acceptors (Lipinski definition) is 2. The summed E-state index contributed by atoms with van der Waals surface area (Å²) in [4.78, 5) is 0. The zero-order valence-electron chi connectivity index (χ0n) is 10.2. The van der Waals surface area contributed by atoms with Crippen molar-refractivity contribution in [2.45, 2.75) is 26.2 Å². The lowest BCUT2D eigenvalue weighted by molar-refractivity contribution is 0.573. The zero-order valence-corrected chi connectivity index (χ0v) is 11.0. The van der Waals surface area contributed by atoms with E-state index < -0.39 is 10.0 Å². The van der Waals surface area contributed by atoms with Gasteiger partial charge in [0.15, 0.2) is 0 Å². The van der Waals surface area contributed by atoms with Crippen molar-refractivity contribution in [1.29, 1.82) is 0 Å². The first-order valence-corrected chi connectivity index (χ1v) is 7.23. The van der Waals surface area contributed by atoms with Gasteiger partial charge in [0.1, 0.15) is 5.82 Å². The molecule has 17 heavy (non-hydrogen) atoms. The number of rotatable bonds is 1. The third-order valence-electron chi connectivity index (χ3n) is 3.24. The second-order valence-electron chi connectivity index (χ2n) is 4.65. The van der Waals surface area contributed by atoms with Crippen LogP contribution in [0.4, 0.5) is 10.1 Å². The van der Waals surface area contributed by atoms with Gasteiger partial charge in [0.05, 0.1) is 11.4 Å². The number of halogens is 1. The largest absolute Gasteiger partial charge is 0.273 e. The number of sulfonamides is 1. The van der Waals surface area contributed by atoms with Crippen molar-refractivity contribution in [3.63, 3.8) is 0 Å². The molecule has 0 saturated heterocycles. The number of anilines is 1. The van der Waals surface area contributed by atoms with Gasteiger partial charge in [0.25, 0.3) is 0 Å². The van der Waals surface area contributed by atoms with Crippen molar-refractivity contribution < 1.29 is 12.8 Å². The zero-order chi connectivity index (χ0) is 12.8. The topological polar surface area (TPSA) is 37.4 Å². The Hall–Kier alpha value is -1.10. The Kier molecular flexibility index (Phi) is 2.89. The third-order valence-corrected chi connectivity index (χ3v) is 4.99. The van der Waals surface area contributed by atoms with Crippen molar-refractivity contribution >= 4 is 15.7 Å². The molecule has 0 spiro atoms. The summed E-state index contributed by atoms with van der Waals surface area (Å²) in [5, 5.41) is 0. The molecular formula is C12H16FNO2S. The van der Waals surface area contributed by atoms with Gasteiger partial charge in [-0.1, -0.05) is 19.9 Å². The van der Waals surface area contributed by atoms with Crippen LogP contribution in [0.2, 0.25) is 0 Å².